The maximum absolute atomic E-state index is 4.51. The van der Waals surface area contributed by atoms with Gasteiger partial charge in [-0.25, -0.2) is 9.97 Å². The molecule has 7 heteroatoms. The Morgan fingerprint density at radius 2 is 2.29 bits per heavy atom. The second-order valence-electron chi connectivity index (χ2n) is 5.81. The molecule has 0 amide bonds. The van der Waals surface area contributed by atoms with Crippen molar-refractivity contribution in [2.45, 2.75) is 31.6 Å². The van der Waals surface area contributed by atoms with E-state index >= 15 is 0 Å². The molecule has 0 spiro atoms. The summed E-state index contributed by atoms with van der Waals surface area (Å²) in [6.07, 6.45) is 8.22. The fourth-order valence-electron chi connectivity index (χ4n) is 2.71. The summed E-state index contributed by atoms with van der Waals surface area (Å²) in [6.45, 7) is 3.64. The van der Waals surface area contributed by atoms with Crippen molar-refractivity contribution in [1.82, 2.24) is 25.2 Å². The minimum Gasteiger partial charge on any atom is -0.355 e. The van der Waals surface area contributed by atoms with Crippen LogP contribution in [0.3, 0.4) is 0 Å². The molecule has 0 aromatic carbocycles. The van der Waals surface area contributed by atoms with Crippen LogP contribution < -0.4 is 10.6 Å². The summed E-state index contributed by atoms with van der Waals surface area (Å²) in [5, 5.41) is 7.46. The maximum Gasteiger partial charge on any atom is 0.191 e. The summed E-state index contributed by atoms with van der Waals surface area (Å²) in [6, 6.07) is 4.09. The minimum absolute atomic E-state index is 0.702. The SMILES string of the molecule is CN=C(NCc1ccc(-n2ccnc2C)nc1)NCC1CCCS1. The van der Waals surface area contributed by atoms with Gasteiger partial charge in [0.15, 0.2) is 5.96 Å². The van der Waals surface area contributed by atoms with Gasteiger partial charge in [-0.1, -0.05) is 6.07 Å². The fraction of sp³-hybridized carbons (Fsp3) is 0.471. The van der Waals surface area contributed by atoms with Gasteiger partial charge in [0.25, 0.3) is 0 Å². The number of aliphatic imine (C=N–C) groups is 1. The zero-order valence-corrected chi connectivity index (χ0v) is 15.0. The van der Waals surface area contributed by atoms with Gasteiger partial charge in [-0.05, 0) is 37.1 Å². The average molecular weight is 344 g/mol. The van der Waals surface area contributed by atoms with Crippen LogP contribution >= 0.6 is 11.8 Å². The van der Waals surface area contributed by atoms with Crippen LogP contribution in [0.4, 0.5) is 0 Å². The van der Waals surface area contributed by atoms with Gasteiger partial charge in [-0.2, -0.15) is 11.8 Å². The summed E-state index contributed by atoms with van der Waals surface area (Å²) in [7, 11) is 1.81. The van der Waals surface area contributed by atoms with Crippen LogP contribution in [0.15, 0.2) is 35.7 Å². The molecule has 1 saturated heterocycles. The number of pyridine rings is 1. The fourth-order valence-corrected chi connectivity index (χ4v) is 3.91. The van der Waals surface area contributed by atoms with Crippen LogP contribution in [0.25, 0.3) is 5.82 Å². The topological polar surface area (TPSA) is 67.1 Å². The second kappa shape index (κ2) is 8.19. The number of guanidine groups is 1. The van der Waals surface area contributed by atoms with Crippen molar-refractivity contribution in [3.05, 3.63) is 42.1 Å². The summed E-state index contributed by atoms with van der Waals surface area (Å²) in [5.41, 5.74) is 1.12. The summed E-state index contributed by atoms with van der Waals surface area (Å²) in [4.78, 5) is 13.0. The molecule has 1 fully saturated rings. The lowest BCUT2D eigenvalue weighted by molar-refractivity contribution is 0.725. The van der Waals surface area contributed by atoms with Gasteiger partial charge < -0.3 is 10.6 Å². The van der Waals surface area contributed by atoms with Gasteiger partial charge >= 0.3 is 0 Å². The summed E-state index contributed by atoms with van der Waals surface area (Å²) in [5.74, 6) is 3.95. The molecule has 2 N–H and O–H groups in total. The Morgan fingerprint density at radius 3 is 2.92 bits per heavy atom. The van der Waals surface area contributed by atoms with Gasteiger partial charge in [0.1, 0.15) is 11.6 Å². The highest BCUT2D eigenvalue weighted by atomic mass is 32.2. The van der Waals surface area contributed by atoms with Gasteiger partial charge in [-0.3, -0.25) is 9.56 Å². The van der Waals surface area contributed by atoms with E-state index in [9.17, 15) is 0 Å². The normalized spacial score (nSPS) is 17.9. The highest BCUT2D eigenvalue weighted by Crippen LogP contribution is 2.25. The minimum atomic E-state index is 0.702. The van der Waals surface area contributed by atoms with Crippen LogP contribution in [-0.4, -0.2) is 45.1 Å². The molecule has 0 bridgehead atoms. The smallest absolute Gasteiger partial charge is 0.191 e. The van der Waals surface area contributed by atoms with E-state index in [1.807, 2.05) is 41.7 Å². The molecule has 1 aliphatic rings. The number of aromatic nitrogens is 3. The molecule has 0 aliphatic carbocycles. The third-order valence-corrected chi connectivity index (χ3v) is 5.48. The zero-order valence-electron chi connectivity index (χ0n) is 14.2. The maximum atomic E-state index is 4.51. The molecule has 128 valence electrons. The molecule has 1 unspecified atom stereocenters. The van der Waals surface area contributed by atoms with Crippen molar-refractivity contribution in [2.24, 2.45) is 4.99 Å². The zero-order chi connectivity index (χ0) is 16.8. The van der Waals surface area contributed by atoms with Crippen LogP contribution in [0.1, 0.15) is 24.2 Å². The van der Waals surface area contributed by atoms with E-state index in [0.717, 1.165) is 29.7 Å². The first-order chi connectivity index (χ1) is 11.8. The molecule has 2 aromatic rings. The van der Waals surface area contributed by atoms with Gasteiger partial charge in [0.2, 0.25) is 0 Å². The Morgan fingerprint density at radius 1 is 1.38 bits per heavy atom. The molecule has 6 nitrogen and oxygen atoms in total. The monoisotopic (exact) mass is 344 g/mol. The lowest BCUT2D eigenvalue weighted by Crippen LogP contribution is -2.39. The van der Waals surface area contributed by atoms with Crippen molar-refractivity contribution < 1.29 is 0 Å². The van der Waals surface area contributed by atoms with E-state index in [0.29, 0.717) is 11.8 Å². The number of hydrogen-bond donors (Lipinski definition) is 2. The van der Waals surface area contributed by atoms with Crippen LogP contribution in [-0.2, 0) is 6.54 Å². The predicted molar refractivity (Wildman–Crippen MR) is 99.8 cm³/mol. The van der Waals surface area contributed by atoms with Crippen LogP contribution in [0, 0.1) is 6.92 Å². The number of hydrogen-bond acceptors (Lipinski definition) is 4. The first-order valence-electron chi connectivity index (χ1n) is 8.27. The van der Waals surface area contributed by atoms with E-state index in [1.165, 1.54) is 18.6 Å². The molecule has 3 heterocycles. The molecule has 0 saturated carbocycles. The predicted octanol–water partition coefficient (Wildman–Crippen LogP) is 2.14. The highest BCUT2D eigenvalue weighted by molar-refractivity contribution is 8.00. The Hall–Kier alpha value is -2.02. The highest BCUT2D eigenvalue weighted by Gasteiger charge is 2.15. The largest absolute Gasteiger partial charge is 0.355 e. The number of aryl methyl sites for hydroxylation is 1. The van der Waals surface area contributed by atoms with Crippen LogP contribution in [0.5, 0.6) is 0 Å². The molecule has 1 aliphatic heterocycles. The third-order valence-electron chi connectivity index (χ3n) is 4.09. The number of thioether (sulfide) groups is 1. The van der Waals surface area contributed by atoms with E-state index < -0.39 is 0 Å². The molecule has 0 radical (unpaired) electrons. The van der Waals surface area contributed by atoms with Crippen molar-refractivity contribution >= 4 is 17.7 Å². The number of nitrogens with one attached hydrogen (secondary N) is 2. The summed E-state index contributed by atoms with van der Waals surface area (Å²) >= 11 is 2.05. The molecule has 24 heavy (non-hydrogen) atoms. The van der Waals surface area contributed by atoms with Gasteiger partial charge in [0, 0.05) is 44.0 Å². The number of imidazole rings is 1. The van der Waals surface area contributed by atoms with Gasteiger partial charge in [-0.15, -0.1) is 0 Å². The Balaban J connectivity index is 1.51. The molecule has 2 aromatic heterocycles. The second-order valence-corrected chi connectivity index (χ2v) is 7.22. The van der Waals surface area contributed by atoms with E-state index in [2.05, 4.69) is 31.7 Å². The van der Waals surface area contributed by atoms with E-state index in [1.54, 1.807) is 13.2 Å². The lowest BCUT2D eigenvalue weighted by atomic mass is 10.2. The van der Waals surface area contributed by atoms with Crippen molar-refractivity contribution in [2.75, 3.05) is 19.3 Å². The number of nitrogens with zero attached hydrogens (tertiary/aromatic N) is 4. The van der Waals surface area contributed by atoms with Gasteiger partial charge in [0.05, 0.1) is 0 Å². The van der Waals surface area contributed by atoms with Crippen molar-refractivity contribution in [1.29, 1.82) is 0 Å². The Labute approximate surface area is 147 Å². The van der Waals surface area contributed by atoms with E-state index in [4.69, 9.17) is 0 Å². The quantitative estimate of drug-likeness (QED) is 0.642. The third kappa shape index (κ3) is 4.29. The lowest BCUT2D eigenvalue weighted by Gasteiger charge is -2.15. The Bertz CT molecular complexity index is 673. The molecule has 3 rings (SSSR count). The first-order valence-corrected chi connectivity index (χ1v) is 9.32. The van der Waals surface area contributed by atoms with E-state index in [-0.39, 0.29) is 0 Å². The first kappa shape index (κ1) is 16.8. The average Bonchev–Trinajstić information content (AvgIpc) is 3.27. The van der Waals surface area contributed by atoms with Crippen molar-refractivity contribution in [3.8, 4) is 5.82 Å². The van der Waals surface area contributed by atoms with Crippen LogP contribution in [0.2, 0.25) is 0 Å². The standard InChI is InChI=1S/C17H24N6S/c1-13-19-7-8-23(13)16-6-5-14(10-20-16)11-21-17(18-2)22-12-15-4-3-9-24-15/h5-8,10,15H,3-4,9,11-12H2,1-2H3,(H2,18,21,22). The number of rotatable bonds is 5. The molecular weight excluding hydrogens is 320 g/mol. The van der Waals surface area contributed by atoms with Crippen molar-refractivity contribution in [3.63, 3.8) is 0 Å². The molecular formula is C17H24N6S. The molecule has 1 atom stereocenters. The summed E-state index contributed by atoms with van der Waals surface area (Å²) < 4.78 is 1.97. The Kier molecular flexibility index (Phi) is 5.74.